The molecule has 0 aliphatic rings. The molecule has 1 amide bonds. The summed E-state index contributed by atoms with van der Waals surface area (Å²) in [7, 11) is 0. The highest BCUT2D eigenvalue weighted by Crippen LogP contribution is 2.07. The van der Waals surface area contributed by atoms with Gasteiger partial charge in [0.2, 0.25) is 5.89 Å². The Balaban J connectivity index is 1.85. The van der Waals surface area contributed by atoms with Crippen LogP contribution < -0.4 is 10.6 Å². The molecule has 0 atom stereocenters. The highest BCUT2D eigenvalue weighted by molar-refractivity contribution is 5.94. The van der Waals surface area contributed by atoms with E-state index in [9.17, 15) is 4.79 Å². The smallest absolute Gasteiger partial charge is 0.251 e. The second kappa shape index (κ2) is 7.37. The highest BCUT2D eigenvalue weighted by atomic mass is 16.5. The maximum Gasteiger partial charge on any atom is 0.251 e. The molecule has 0 aliphatic carbocycles. The Morgan fingerprint density at radius 2 is 2.24 bits per heavy atom. The van der Waals surface area contributed by atoms with E-state index in [1.54, 1.807) is 25.3 Å². The Morgan fingerprint density at radius 1 is 1.38 bits per heavy atom. The summed E-state index contributed by atoms with van der Waals surface area (Å²) in [5.74, 6) is 1.68. The fraction of sp³-hybridized carbons (Fsp3) is 0.429. The molecule has 0 aliphatic heterocycles. The first-order valence-electron chi connectivity index (χ1n) is 6.96. The van der Waals surface area contributed by atoms with Crippen molar-refractivity contribution in [2.75, 3.05) is 18.4 Å². The summed E-state index contributed by atoms with van der Waals surface area (Å²) in [5.41, 5.74) is 0.574. The molecule has 0 saturated heterocycles. The third kappa shape index (κ3) is 4.55. The second-order valence-corrected chi connectivity index (χ2v) is 4.60. The summed E-state index contributed by atoms with van der Waals surface area (Å²) in [6.45, 7) is 5.10. The Morgan fingerprint density at radius 3 is 2.95 bits per heavy atom. The third-order valence-corrected chi connectivity index (χ3v) is 2.77. The topological polar surface area (TPSA) is 92.9 Å². The lowest BCUT2D eigenvalue weighted by Gasteiger charge is -2.06. The number of anilines is 1. The van der Waals surface area contributed by atoms with Gasteiger partial charge in [0.1, 0.15) is 5.82 Å². The van der Waals surface area contributed by atoms with Crippen molar-refractivity contribution in [1.29, 1.82) is 0 Å². The molecule has 2 aromatic heterocycles. The molecule has 0 spiro atoms. The van der Waals surface area contributed by atoms with Gasteiger partial charge < -0.3 is 15.2 Å². The van der Waals surface area contributed by atoms with Gasteiger partial charge in [-0.05, 0) is 25.5 Å². The summed E-state index contributed by atoms with van der Waals surface area (Å²) < 4.78 is 4.98. The largest absolute Gasteiger partial charge is 0.370 e. The highest BCUT2D eigenvalue weighted by Gasteiger charge is 2.08. The number of hydrogen-bond donors (Lipinski definition) is 2. The first-order chi connectivity index (χ1) is 10.2. The molecule has 0 radical (unpaired) electrons. The van der Waals surface area contributed by atoms with Crippen LogP contribution in [0.1, 0.15) is 35.4 Å². The molecular weight excluding hydrogens is 270 g/mol. The van der Waals surface area contributed by atoms with Crippen LogP contribution in [0.25, 0.3) is 0 Å². The normalized spacial score (nSPS) is 10.4. The van der Waals surface area contributed by atoms with Crippen LogP contribution in [-0.2, 0) is 6.42 Å². The number of aryl methyl sites for hydroxylation is 1. The van der Waals surface area contributed by atoms with E-state index >= 15 is 0 Å². The lowest BCUT2D eigenvalue weighted by Crippen LogP contribution is -2.26. The van der Waals surface area contributed by atoms with Gasteiger partial charge in [-0.3, -0.25) is 4.79 Å². The maximum atomic E-state index is 12.0. The van der Waals surface area contributed by atoms with Crippen LogP contribution in [0, 0.1) is 6.92 Å². The van der Waals surface area contributed by atoms with Crippen molar-refractivity contribution in [3.8, 4) is 0 Å². The lowest BCUT2D eigenvalue weighted by atomic mass is 10.2. The molecule has 112 valence electrons. The first-order valence-corrected chi connectivity index (χ1v) is 6.96. The Kier molecular flexibility index (Phi) is 5.25. The molecule has 0 bridgehead atoms. The van der Waals surface area contributed by atoms with Crippen molar-refractivity contribution >= 4 is 11.7 Å². The predicted octanol–water partition coefficient (Wildman–Crippen LogP) is 1.57. The van der Waals surface area contributed by atoms with Crippen LogP contribution in [0.2, 0.25) is 0 Å². The number of nitrogens with zero attached hydrogens (tertiary/aromatic N) is 3. The molecule has 0 aromatic carbocycles. The number of pyridine rings is 1. The standard InChI is InChI=1S/C14H19N5O2/c1-3-6-15-12-9-11(4-7-16-12)14(20)17-8-5-13-18-10(2)19-21-13/h4,7,9H,3,5-6,8H2,1-2H3,(H,15,16)(H,17,20). The fourth-order valence-corrected chi connectivity index (χ4v) is 1.75. The molecule has 7 heteroatoms. The van der Waals surface area contributed by atoms with Crippen molar-refractivity contribution in [2.45, 2.75) is 26.7 Å². The zero-order chi connectivity index (χ0) is 15.1. The summed E-state index contributed by atoms with van der Waals surface area (Å²) in [6.07, 6.45) is 3.13. The molecular formula is C14H19N5O2. The molecule has 0 unspecified atom stereocenters. The zero-order valence-corrected chi connectivity index (χ0v) is 12.2. The quantitative estimate of drug-likeness (QED) is 0.803. The van der Waals surface area contributed by atoms with Crippen LogP contribution in [0.5, 0.6) is 0 Å². The minimum atomic E-state index is -0.145. The predicted molar refractivity (Wildman–Crippen MR) is 78.1 cm³/mol. The number of hydrogen-bond acceptors (Lipinski definition) is 6. The lowest BCUT2D eigenvalue weighted by molar-refractivity contribution is 0.0953. The first kappa shape index (κ1) is 15.0. The summed E-state index contributed by atoms with van der Waals surface area (Å²) in [4.78, 5) is 20.3. The van der Waals surface area contributed by atoms with Crippen molar-refractivity contribution in [2.24, 2.45) is 0 Å². The van der Waals surface area contributed by atoms with Crippen LogP contribution in [0.4, 0.5) is 5.82 Å². The number of amides is 1. The van der Waals surface area contributed by atoms with Gasteiger partial charge in [0.25, 0.3) is 5.91 Å². The van der Waals surface area contributed by atoms with E-state index in [2.05, 4.69) is 32.7 Å². The van der Waals surface area contributed by atoms with Crippen molar-refractivity contribution < 1.29 is 9.32 Å². The third-order valence-electron chi connectivity index (χ3n) is 2.77. The van der Waals surface area contributed by atoms with Crippen LogP contribution in [0.15, 0.2) is 22.9 Å². The summed E-state index contributed by atoms with van der Waals surface area (Å²) >= 11 is 0. The molecule has 2 rings (SSSR count). The van der Waals surface area contributed by atoms with Gasteiger partial charge in [0.05, 0.1) is 0 Å². The molecule has 7 nitrogen and oxygen atoms in total. The number of nitrogens with one attached hydrogen (secondary N) is 2. The van der Waals surface area contributed by atoms with Gasteiger partial charge in [0.15, 0.2) is 5.82 Å². The van der Waals surface area contributed by atoms with Crippen LogP contribution in [0.3, 0.4) is 0 Å². The van der Waals surface area contributed by atoms with Gasteiger partial charge in [0, 0.05) is 31.3 Å². The van der Waals surface area contributed by atoms with Gasteiger partial charge in [-0.2, -0.15) is 4.98 Å². The second-order valence-electron chi connectivity index (χ2n) is 4.60. The van der Waals surface area contributed by atoms with Crippen molar-refractivity contribution in [3.63, 3.8) is 0 Å². The summed E-state index contributed by atoms with van der Waals surface area (Å²) in [6, 6.07) is 3.42. The van der Waals surface area contributed by atoms with E-state index in [0.717, 1.165) is 13.0 Å². The molecule has 0 fully saturated rings. The van der Waals surface area contributed by atoms with E-state index < -0.39 is 0 Å². The number of rotatable bonds is 7. The number of aromatic nitrogens is 3. The average molecular weight is 289 g/mol. The monoisotopic (exact) mass is 289 g/mol. The van der Waals surface area contributed by atoms with Crippen molar-refractivity contribution in [3.05, 3.63) is 35.6 Å². The minimum Gasteiger partial charge on any atom is -0.370 e. The van der Waals surface area contributed by atoms with E-state index in [0.29, 0.717) is 36.1 Å². The molecule has 2 aromatic rings. The van der Waals surface area contributed by atoms with E-state index in [4.69, 9.17) is 4.52 Å². The Bertz CT molecular complexity index is 597. The molecule has 0 saturated carbocycles. The van der Waals surface area contributed by atoms with E-state index in [1.807, 2.05) is 0 Å². The molecule has 21 heavy (non-hydrogen) atoms. The van der Waals surface area contributed by atoms with E-state index in [-0.39, 0.29) is 5.91 Å². The molecule has 2 N–H and O–H groups in total. The molecule has 2 heterocycles. The number of carbonyl (C=O) groups is 1. The summed E-state index contributed by atoms with van der Waals surface area (Å²) in [5, 5.41) is 9.66. The van der Waals surface area contributed by atoms with Gasteiger partial charge in [-0.15, -0.1) is 0 Å². The van der Waals surface area contributed by atoms with Crippen LogP contribution >= 0.6 is 0 Å². The van der Waals surface area contributed by atoms with Crippen molar-refractivity contribution in [1.82, 2.24) is 20.4 Å². The van der Waals surface area contributed by atoms with Gasteiger partial charge >= 0.3 is 0 Å². The van der Waals surface area contributed by atoms with Crippen LogP contribution in [-0.4, -0.2) is 34.1 Å². The maximum absolute atomic E-state index is 12.0. The minimum absolute atomic E-state index is 0.145. The zero-order valence-electron chi connectivity index (χ0n) is 12.2. The Hall–Kier alpha value is -2.44. The van der Waals surface area contributed by atoms with E-state index in [1.165, 1.54) is 0 Å². The average Bonchev–Trinajstić information content (AvgIpc) is 2.91. The number of carbonyl (C=O) groups excluding carboxylic acids is 1. The fourth-order valence-electron chi connectivity index (χ4n) is 1.75. The van der Waals surface area contributed by atoms with Gasteiger partial charge in [-0.25, -0.2) is 4.98 Å². The SMILES string of the molecule is CCCNc1cc(C(=O)NCCc2nc(C)no2)ccn1. The van der Waals surface area contributed by atoms with Gasteiger partial charge in [-0.1, -0.05) is 12.1 Å². The Labute approximate surface area is 123 Å².